The molecule has 0 atom stereocenters. The van der Waals surface area contributed by atoms with Crippen LogP contribution in [-0.2, 0) is 14.3 Å². The third-order valence-electron chi connectivity index (χ3n) is 6.45. The topological polar surface area (TPSA) is 140 Å². The van der Waals surface area contributed by atoms with E-state index < -0.39 is 30.5 Å². The molecule has 3 aromatic carbocycles. The molecule has 0 aromatic heterocycles. The Bertz CT molecular complexity index is 1440. The van der Waals surface area contributed by atoms with Gasteiger partial charge in [-0.1, -0.05) is 12.1 Å². The number of benzene rings is 3. The summed E-state index contributed by atoms with van der Waals surface area (Å²) in [6.07, 6.45) is 1.06. The summed E-state index contributed by atoms with van der Waals surface area (Å²) in [6.45, 7) is 0.664. The lowest BCUT2D eigenvalue weighted by Gasteiger charge is -2.09. The van der Waals surface area contributed by atoms with Gasteiger partial charge in [0.1, 0.15) is 11.5 Å². The fraction of sp³-hybridized carbons (Fsp3) is 0.324. The number of carbonyl (C=O) groups is 3. The summed E-state index contributed by atoms with van der Waals surface area (Å²) >= 11 is 0. The van der Waals surface area contributed by atoms with E-state index >= 15 is 0 Å². The van der Waals surface area contributed by atoms with Crippen LogP contribution in [0.4, 0.5) is 24.5 Å². The quantitative estimate of drug-likeness (QED) is 0.0516. The van der Waals surface area contributed by atoms with Crippen molar-refractivity contribution in [3.05, 3.63) is 89.5 Å². The summed E-state index contributed by atoms with van der Waals surface area (Å²) in [5, 5.41) is 0. The van der Waals surface area contributed by atoms with Gasteiger partial charge >= 0.3 is 24.1 Å². The number of hydrogen-bond donors (Lipinski definition) is 2. The van der Waals surface area contributed by atoms with Crippen molar-refractivity contribution in [3.8, 4) is 11.5 Å². The molecule has 0 amide bonds. The van der Waals surface area contributed by atoms with Gasteiger partial charge in [0.05, 0.1) is 30.9 Å². The van der Waals surface area contributed by atoms with Gasteiger partial charge in [-0.2, -0.15) is 13.2 Å². The highest BCUT2D eigenvalue weighted by atomic mass is 19.4. The maximum absolute atomic E-state index is 12.4. The fourth-order valence-electron chi connectivity index (χ4n) is 4.10. The average molecular weight is 643 g/mol. The lowest BCUT2D eigenvalue weighted by atomic mass is 10.2. The number of unbranched alkanes of at least 4 members (excludes halogenated alkanes) is 4. The van der Waals surface area contributed by atoms with Crippen LogP contribution in [0.15, 0.2) is 72.8 Å². The summed E-state index contributed by atoms with van der Waals surface area (Å²) in [6, 6.07) is 17.2. The molecule has 3 rings (SSSR count). The van der Waals surface area contributed by atoms with Gasteiger partial charge in [0.25, 0.3) is 0 Å². The molecule has 0 unspecified atom stereocenters. The molecule has 0 aliphatic carbocycles. The van der Waals surface area contributed by atoms with Crippen molar-refractivity contribution in [3.63, 3.8) is 0 Å². The van der Waals surface area contributed by atoms with E-state index in [-0.39, 0.29) is 38.2 Å². The Balaban J connectivity index is 1.27. The van der Waals surface area contributed by atoms with E-state index in [1.54, 1.807) is 48.5 Å². The summed E-state index contributed by atoms with van der Waals surface area (Å²) in [4.78, 5) is 36.5. The number of carbonyl (C=O) groups excluding carboxylic acids is 3. The molecule has 0 heterocycles. The molecule has 0 aliphatic heterocycles. The summed E-state index contributed by atoms with van der Waals surface area (Å²) in [5.41, 5.74) is 13.5. The number of hydrogen-bond acceptors (Lipinski definition) is 9. The number of nitrogens with two attached hydrogens (primary N) is 2. The molecule has 46 heavy (non-hydrogen) atoms. The van der Waals surface area contributed by atoms with Crippen LogP contribution in [0.1, 0.15) is 71.2 Å². The minimum atomic E-state index is -4.17. The largest absolute Gasteiger partial charge is 0.494 e. The van der Waals surface area contributed by atoms with Crippen molar-refractivity contribution in [1.82, 2.24) is 0 Å². The Labute approximate surface area is 265 Å². The smallest absolute Gasteiger partial charge is 0.389 e. The van der Waals surface area contributed by atoms with Crippen molar-refractivity contribution in [2.45, 2.75) is 51.1 Å². The molecule has 3 aromatic rings. The molecule has 4 N–H and O–H groups in total. The minimum absolute atomic E-state index is 0.0125. The third-order valence-corrected chi connectivity index (χ3v) is 6.45. The predicted octanol–water partition coefficient (Wildman–Crippen LogP) is 7.16. The van der Waals surface area contributed by atoms with Gasteiger partial charge in [-0.15, -0.1) is 0 Å². The Morgan fingerprint density at radius 1 is 0.652 bits per heavy atom. The Morgan fingerprint density at radius 3 is 1.87 bits per heavy atom. The van der Waals surface area contributed by atoms with Crippen molar-refractivity contribution in [2.24, 2.45) is 0 Å². The van der Waals surface area contributed by atoms with Crippen LogP contribution < -0.4 is 20.9 Å². The van der Waals surface area contributed by atoms with Crippen LogP contribution in [0.2, 0.25) is 0 Å². The number of halogens is 3. The van der Waals surface area contributed by atoms with Gasteiger partial charge in [0.2, 0.25) is 0 Å². The molecule has 0 bridgehead atoms. The summed E-state index contributed by atoms with van der Waals surface area (Å²) in [5.74, 6) is -0.811. The number of anilines is 2. The predicted molar refractivity (Wildman–Crippen MR) is 167 cm³/mol. The molecule has 12 heteroatoms. The van der Waals surface area contributed by atoms with E-state index in [2.05, 4.69) is 0 Å². The summed E-state index contributed by atoms with van der Waals surface area (Å²) in [7, 11) is 0. The standard InChI is InChI=1S/C34H37F3N2O7/c35-34(36,37)17-3-6-18-43-29-14-10-25(11-15-29)33(42)46-30-12-7-24(8-13-30)9-16-31(40)44-19-4-1-2-5-20-45-32(41)26-21-27(38)23-28(39)22-26/h7-16,21-23H,1-6,17-20,38-39H2/b16-9+. The first-order chi connectivity index (χ1) is 22.0. The zero-order valence-corrected chi connectivity index (χ0v) is 25.2. The number of nitrogen functional groups attached to an aromatic ring is 2. The van der Waals surface area contributed by atoms with E-state index in [1.165, 1.54) is 30.3 Å². The maximum atomic E-state index is 12.4. The van der Waals surface area contributed by atoms with Gasteiger partial charge in [0, 0.05) is 23.9 Å². The Morgan fingerprint density at radius 2 is 1.24 bits per heavy atom. The van der Waals surface area contributed by atoms with Gasteiger partial charge < -0.3 is 30.4 Å². The molecule has 0 saturated carbocycles. The molecular weight excluding hydrogens is 605 g/mol. The average Bonchev–Trinajstić information content (AvgIpc) is 3.01. The van der Waals surface area contributed by atoms with Crippen molar-refractivity contribution < 1.29 is 46.5 Å². The highest BCUT2D eigenvalue weighted by molar-refractivity contribution is 5.92. The molecule has 0 aliphatic rings. The number of alkyl halides is 3. The zero-order chi connectivity index (χ0) is 33.4. The lowest BCUT2D eigenvalue weighted by Crippen LogP contribution is -2.09. The maximum Gasteiger partial charge on any atom is 0.389 e. The molecule has 0 radical (unpaired) electrons. The van der Waals surface area contributed by atoms with Gasteiger partial charge in [-0.25, -0.2) is 14.4 Å². The molecule has 0 fully saturated rings. The Hall–Kier alpha value is -5.00. The number of rotatable bonds is 17. The second-order valence-corrected chi connectivity index (χ2v) is 10.3. The SMILES string of the molecule is Nc1cc(N)cc(C(=O)OCCCCCCOC(=O)/C=C/c2ccc(OC(=O)c3ccc(OCCCCC(F)(F)F)cc3)cc2)c1. The normalized spacial score (nSPS) is 11.3. The molecule has 9 nitrogen and oxygen atoms in total. The second kappa shape index (κ2) is 18.1. The fourth-order valence-corrected chi connectivity index (χ4v) is 4.10. The van der Waals surface area contributed by atoms with E-state index in [9.17, 15) is 27.6 Å². The molecule has 0 spiro atoms. The highest BCUT2D eigenvalue weighted by Crippen LogP contribution is 2.23. The van der Waals surface area contributed by atoms with Gasteiger partial charge in [-0.3, -0.25) is 0 Å². The van der Waals surface area contributed by atoms with Crippen LogP contribution in [0.5, 0.6) is 11.5 Å². The first kappa shape index (κ1) is 35.5. The van der Waals surface area contributed by atoms with E-state index in [1.807, 2.05) is 0 Å². The highest BCUT2D eigenvalue weighted by Gasteiger charge is 2.25. The molecule has 0 saturated heterocycles. The van der Waals surface area contributed by atoms with Crippen molar-refractivity contribution in [1.29, 1.82) is 0 Å². The first-order valence-corrected chi connectivity index (χ1v) is 14.8. The molecular formula is C34H37F3N2O7. The van der Waals surface area contributed by atoms with Crippen LogP contribution in [0, 0.1) is 0 Å². The van der Waals surface area contributed by atoms with E-state index in [4.69, 9.17) is 30.4 Å². The van der Waals surface area contributed by atoms with Gasteiger partial charge in [0.15, 0.2) is 0 Å². The third kappa shape index (κ3) is 13.7. The number of ether oxygens (including phenoxy) is 4. The van der Waals surface area contributed by atoms with Crippen molar-refractivity contribution >= 4 is 35.4 Å². The van der Waals surface area contributed by atoms with Crippen LogP contribution in [0.25, 0.3) is 6.08 Å². The monoisotopic (exact) mass is 642 g/mol. The number of esters is 3. The lowest BCUT2D eigenvalue weighted by molar-refractivity contribution is -0.138. The second-order valence-electron chi connectivity index (χ2n) is 10.3. The van der Waals surface area contributed by atoms with Crippen LogP contribution in [-0.4, -0.2) is 43.9 Å². The minimum Gasteiger partial charge on any atom is -0.494 e. The van der Waals surface area contributed by atoms with E-state index in [0.29, 0.717) is 46.8 Å². The van der Waals surface area contributed by atoms with E-state index in [0.717, 1.165) is 12.8 Å². The molecule has 246 valence electrons. The van der Waals surface area contributed by atoms with Crippen LogP contribution in [0.3, 0.4) is 0 Å². The van der Waals surface area contributed by atoms with Crippen molar-refractivity contribution in [2.75, 3.05) is 31.3 Å². The van der Waals surface area contributed by atoms with Gasteiger partial charge in [-0.05, 0) is 105 Å². The van der Waals surface area contributed by atoms with Crippen LogP contribution >= 0.6 is 0 Å². The zero-order valence-electron chi connectivity index (χ0n) is 25.2. The summed E-state index contributed by atoms with van der Waals surface area (Å²) < 4.78 is 57.8. The first-order valence-electron chi connectivity index (χ1n) is 14.8. The Kier molecular flexibility index (Phi) is 13.9.